The smallest absolute Gasteiger partial charge is 0.328 e. The van der Waals surface area contributed by atoms with Gasteiger partial charge in [-0.15, -0.1) is 0 Å². The summed E-state index contributed by atoms with van der Waals surface area (Å²) in [4.78, 5) is 28.1. The fourth-order valence-electron chi connectivity index (χ4n) is 1.79. The zero-order chi connectivity index (χ0) is 13.7. The lowest BCUT2D eigenvalue weighted by Gasteiger charge is -2.32. The van der Waals surface area contributed by atoms with E-state index in [2.05, 4.69) is 20.5 Å². The minimum atomic E-state index is -1.06. The van der Waals surface area contributed by atoms with Gasteiger partial charge in [0.1, 0.15) is 12.2 Å². The number of hydrogen-bond donors (Lipinski definition) is 3. The minimum absolute atomic E-state index is 0.0187. The van der Waals surface area contributed by atoms with Crippen LogP contribution in [0.25, 0.3) is 0 Å². The number of ether oxygens (including phenoxy) is 1. The van der Waals surface area contributed by atoms with Crippen molar-refractivity contribution in [3.63, 3.8) is 0 Å². The second-order valence-corrected chi connectivity index (χ2v) is 4.04. The Hall–Kier alpha value is -2.16. The van der Waals surface area contributed by atoms with Crippen molar-refractivity contribution >= 4 is 12.0 Å². The van der Waals surface area contributed by atoms with Gasteiger partial charge in [-0.05, 0) is 0 Å². The van der Waals surface area contributed by atoms with Gasteiger partial charge in [-0.2, -0.15) is 5.10 Å². The Morgan fingerprint density at radius 1 is 1.63 bits per heavy atom. The molecule has 9 nitrogen and oxygen atoms in total. The number of carboxylic acid groups (broad SMARTS) is 1. The predicted octanol–water partition coefficient (Wildman–Crippen LogP) is -1.16. The highest BCUT2D eigenvalue weighted by atomic mass is 16.5. The number of aromatic amines is 1. The zero-order valence-corrected chi connectivity index (χ0v) is 10.2. The maximum atomic E-state index is 11.9. The first-order valence-electron chi connectivity index (χ1n) is 5.87. The molecule has 0 bridgehead atoms. The molecule has 2 heterocycles. The van der Waals surface area contributed by atoms with Gasteiger partial charge in [-0.1, -0.05) is 0 Å². The molecule has 0 aromatic carbocycles. The molecular formula is C10H15N5O4. The number of aromatic nitrogens is 3. The number of H-pyrrole nitrogens is 1. The highest BCUT2D eigenvalue weighted by Gasteiger charge is 2.32. The first kappa shape index (κ1) is 13.3. The van der Waals surface area contributed by atoms with Crippen LogP contribution in [-0.4, -0.2) is 69.5 Å². The lowest BCUT2D eigenvalue weighted by molar-refractivity contribution is -0.147. The monoisotopic (exact) mass is 269 g/mol. The summed E-state index contributed by atoms with van der Waals surface area (Å²) in [5.74, 6) is -0.401. The molecule has 9 heteroatoms. The third-order valence-corrected chi connectivity index (χ3v) is 2.78. The SMILES string of the molecule is O=C(O)C1COCCN1C(=O)NCCc1ncn[nH]1. The van der Waals surface area contributed by atoms with E-state index in [0.717, 1.165) is 0 Å². The van der Waals surface area contributed by atoms with Crippen LogP contribution in [0.15, 0.2) is 6.33 Å². The average molecular weight is 269 g/mol. The molecule has 1 aliphatic rings. The number of carbonyl (C=O) groups excluding carboxylic acids is 1. The fraction of sp³-hybridized carbons (Fsp3) is 0.600. The molecule has 0 radical (unpaired) electrons. The standard InChI is InChI=1S/C10H15N5O4/c16-9(17)7-5-19-4-3-15(7)10(18)11-2-1-8-12-6-13-14-8/h6-7H,1-5H2,(H,11,18)(H,16,17)(H,12,13,14). The van der Waals surface area contributed by atoms with Crippen molar-refractivity contribution in [2.75, 3.05) is 26.3 Å². The summed E-state index contributed by atoms with van der Waals surface area (Å²) < 4.78 is 5.06. The van der Waals surface area contributed by atoms with E-state index in [-0.39, 0.29) is 13.2 Å². The largest absolute Gasteiger partial charge is 0.480 e. The van der Waals surface area contributed by atoms with Crippen molar-refractivity contribution in [1.29, 1.82) is 0 Å². The molecule has 3 N–H and O–H groups in total. The Balaban J connectivity index is 1.82. The van der Waals surface area contributed by atoms with Crippen molar-refractivity contribution in [2.45, 2.75) is 12.5 Å². The number of rotatable bonds is 4. The van der Waals surface area contributed by atoms with E-state index >= 15 is 0 Å². The summed E-state index contributed by atoms with van der Waals surface area (Å²) in [6, 6.07) is -1.34. The fourth-order valence-corrected chi connectivity index (χ4v) is 1.79. The Labute approximate surface area is 109 Å². The van der Waals surface area contributed by atoms with Gasteiger partial charge in [-0.25, -0.2) is 14.6 Å². The second kappa shape index (κ2) is 6.14. The summed E-state index contributed by atoms with van der Waals surface area (Å²) in [6.45, 7) is 0.993. The van der Waals surface area contributed by atoms with Crippen LogP contribution >= 0.6 is 0 Å². The van der Waals surface area contributed by atoms with Gasteiger partial charge in [0.05, 0.1) is 13.2 Å². The first-order valence-corrected chi connectivity index (χ1v) is 5.87. The van der Waals surface area contributed by atoms with Gasteiger partial charge in [0, 0.05) is 19.5 Å². The molecule has 1 atom stereocenters. The van der Waals surface area contributed by atoms with Crippen LogP contribution in [-0.2, 0) is 16.0 Å². The number of urea groups is 1. The Morgan fingerprint density at radius 3 is 3.16 bits per heavy atom. The molecular weight excluding hydrogens is 254 g/mol. The van der Waals surface area contributed by atoms with Gasteiger partial charge in [-0.3, -0.25) is 5.10 Å². The van der Waals surface area contributed by atoms with Gasteiger partial charge >= 0.3 is 12.0 Å². The van der Waals surface area contributed by atoms with E-state index in [1.54, 1.807) is 0 Å². The summed E-state index contributed by atoms with van der Waals surface area (Å²) in [5, 5.41) is 18.0. The number of carboxylic acids is 1. The molecule has 1 aromatic heterocycles. The lowest BCUT2D eigenvalue weighted by atomic mass is 10.2. The summed E-state index contributed by atoms with van der Waals surface area (Å²) in [6.07, 6.45) is 1.90. The van der Waals surface area contributed by atoms with Gasteiger partial charge in [0.25, 0.3) is 0 Å². The molecule has 1 saturated heterocycles. The molecule has 0 saturated carbocycles. The molecule has 19 heavy (non-hydrogen) atoms. The highest BCUT2D eigenvalue weighted by Crippen LogP contribution is 2.07. The van der Waals surface area contributed by atoms with Crippen LogP contribution < -0.4 is 5.32 Å². The van der Waals surface area contributed by atoms with E-state index < -0.39 is 18.0 Å². The van der Waals surface area contributed by atoms with Crippen molar-refractivity contribution in [3.05, 3.63) is 12.2 Å². The minimum Gasteiger partial charge on any atom is -0.480 e. The average Bonchev–Trinajstić information content (AvgIpc) is 2.91. The van der Waals surface area contributed by atoms with Gasteiger partial charge < -0.3 is 20.1 Å². The number of nitrogens with one attached hydrogen (secondary N) is 2. The summed E-state index contributed by atoms with van der Waals surface area (Å²) in [7, 11) is 0. The first-order chi connectivity index (χ1) is 9.18. The van der Waals surface area contributed by atoms with Crippen LogP contribution in [0.3, 0.4) is 0 Å². The quantitative estimate of drug-likeness (QED) is 0.634. The lowest BCUT2D eigenvalue weighted by Crippen LogP contribution is -2.55. The zero-order valence-electron chi connectivity index (χ0n) is 10.2. The molecule has 0 spiro atoms. The number of morpholine rings is 1. The van der Waals surface area contributed by atoms with Crippen LogP contribution in [0, 0.1) is 0 Å². The van der Waals surface area contributed by atoms with Crippen LogP contribution in [0.2, 0.25) is 0 Å². The van der Waals surface area contributed by atoms with Crippen molar-refractivity contribution in [1.82, 2.24) is 25.4 Å². The molecule has 104 valence electrons. The molecule has 1 fully saturated rings. The van der Waals surface area contributed by atoms with Gasteiger partial charge in [0.15, 0.2) is 6.04 Å². The normalized spacial score (nSPS) is 19.2. The number of hydrogen-bond acceptors (Lipinski definition) is 5. The Bertz CT molecular complexity index is 435. The van der Waals surface area contributed by atoms with Crippen LogP contribution in [0.4, 0.5) is 4.79 Å². The maximum Gasteiger partial charge on any atom is 0.328 e. The summed E-state index contributed by atoms with van der Waals surface area (Å²) >= 11 is 0. The van der Waals surface area contributed by atoms with E-state index in [1.807, 2.05) is 0 Å². The summed E-state index contributed by atoms with van der Waals surface area (Å²) in [5.41, 5.74) is 0. The highest BCUT2D eigenvalue weighted by molar-refractivity contribution is 5.82. The maximum absolute atomic E-state index is 11.9. The Morgan fingerprint density at radius 2 is 2.47 bits per heavy atom. The predicted molar refractivity (Wildman–Crippen MR) is 62.4 cm³/mol. The molecule has 2 rings (SSSR count). The van der Waals surface area contributed by atoms with Crippen molar-refractivity contribution in [2.24, 2.45) is 0 Å². The number of nitrogens with zero attached hydrogens (tertiary/aromatic N) is 3. The number of aliphatic carboxylic acids is 1. The van der Waals surface area contributed by atoms with E-state index in [4.69, 9.17) is 9.84 Å². The molecule has 1 aromatic rings. The van der Waals surface area contributed by atoms with Crippen LogP contribution in [0.5, 0.6) is 0 Å². The molecule has 1 aliphatic heterocycles. The molecule has 1 unspecified atom stereocenters. The second-order valence-electron chi connectivity index (χ2n) is 4.04. The van der Waals surface area contributed by atoms with E-state index in [9.17, 15) is 9.59 Å². The van der Waals surface area contributed by atoms with Crippen LogP contribution in [0.1, 0.15) is 5.82 Å². The van der Waals surface area contributed by atoms with E-state index in [1.165, 1.54) is 11.2 Å². The van der Waals surface area contributed by atoms with Crippen molar-refractivity contribution in [3.8, 4) is 0 Å². The van der Waals surface area contributed by atoms with Crippen molar-refractivity contribution < 1.29 is 19.4 Å². The topological polar surface area (TPSA) is 120 Å². The number of carbonyl (C=O) groups is 2. The Kier molecular flexibility index (Phi) is 4.29. The third-order valence-electron chi connectivity index (χ3n) is 2.78. The van der Waals surface area contributed by atoms with E-state index in [0.29, 0.717) is 25.4 Å². The molecule has 2 amide bonds. The molecule has 0 aliphatic carbocycles. The third kappa shape index (κ3) is 3.41. The number of amides is 2. The van der Waals surface area contributed by atoms with Gasteiger partial charge in [0.2, 0.25) is 0 Å².